The summed E-state index contributed by atoms with van der Waals surface area (Å²) in [7, 11) is -3.77. The number of carbonyl (C=O) groups is 1. The quantitative estimate of drug-likeness (QED) is 0.181. The number of hydrogen-bond donors (Lipinski definition) is 2. The Morgan fingerprint density at radius 1 is 1.36 bits per heavy atom. The van der Waals surface area contributed by atoms with E-state index in [0.29, 0.717) is 23.3 Å². The van der Waals surface area contributed by atoms with Crippen LogP contribution in [0.1, 0.15) is 26.3 Å². The van der Waals surface area contributed by atoms with Crippen LogP contribution in [0.4, 0.5) is 5.82 Å². The van der Waals surface area contributed by atoms with Gasteiger partial charge in [-0.1, -0.05) is 30.2 Å². The molecule has 0 bridgehead atoms. The highest BCUT2D eigenvalue weighted by molar-refractivity contribution is 7.57. The first kappa shape index (κ1) is 25.4. The molecular formula is C24H27N6O5P. The normalized spacial score (nSPS) is 21.5. The molecule has 11 nitrogen and oxygen atoms in total. The highest BCUT2D eigenvalue weighted by Crippen LogP contribution is 2.46. The standard InChI is InChI=1S/C24H27N6O5P/c1-4-24(12-11-18(13-24)30-15-28-20-21(25)26-14-27-22(20)30)34-16-36(32,29-17(3)23(31)33-5-2)35-19-9-7-6-8-10-19/h1,6-12,14-15,17-18H,5,13,16H2,2-3H3,(H,29,32)(H2,25,26,27)/t17-,18-,24+,36-/m0/s1. The number of ether oxygens (including phenoxy) is 2. The maximum absolute atomic E-state index is 13.8. The fourth-order valence-corrected chi connectivity index (χ4v) is 5.57. The molecule has 0 fully saturated rings. The number of nitrogens with one attached hydrogen (secondary N) is 1. The average molecular weight is 510 g/mol. The molecule has 12 heteroatoms. The summed E-state index contributed by atoms with van der Waals surface area (Å²) < 4.78 is 32.5. The zero-order chi connectivity index (χ0) is 25.8. The number of fused-ring (bicyclic) bond motifs is 1. The monoisotopic (exact) mass is 510 g/mol. The second-order valence-electron chi connectivity index (χ2n) is 8.20. The summed E-state index contributed by atoms with van der Waals surface area (Å²) in [4.78, 5) is 24.7. The van der Waals surface area contributed by atoms with Gasteiger partial charge in [0, 0.05) is 6.42 Å². The van der Waals surface area contributed by atoms with E-state index in [0.717, 1.165) is 0 Å². The van der Waals surface area contributed by atoms with Crippen molar-refractivity contribution in [1.82, 2.24) is 24.6 Å². The Morgan fingerprint density at radius 2 is 2.14 bits per heavy atom. The summed E-state index contributed by atoms with van der Waals surface area (Å²) in [5, 5.41) is 2.76. The van der Waals surface area contributed by atoms with Crippen molar-refractivity contribution in [2.45, 2.75) is 38.0 Å². The van der Waals surface area contributed by atoms with Gasteiger partial charge >= 0.3 is 13.5 Å². The summed E-state index contributed by atoms with van der Waals surface area (Å²) >= 11 is 0. The molecule has 1 aliphatic rings. The number of nitrogens with zero attached hydrogens (tertiary/aromatic N) is 4. The lowest BCUT2D eigenvalue weighted by Gasteiger charge is -2.28. The number of aromatic nitrogens is 4. The van der Waals surface area contributed by atoms with Gasteiger partial charge in [0.2, 0.25) is 0 Å². The highest BCUT2D eigenvalue weighted by Gasteiger charge is 2.39. The molecule has 0 amide bonds. The lowest BCUT2D eigenvalue weighted by atomic mass is 10.0. The molecule has 2 aromatic heterocycles. The van der Waals surface area contributed by atoms with Crippen molar-refractivity contribution >= 4 is 30.5 Å². The van der Waals surface area contributed by atoms with E-state index in [-0.39, 0.29) is 18.5 Å². The van der Waals surface area contributed by atoms with E-state index in [1.165, 1.54) is 6.33 Å². The molecule has 36 heavy (non-hydrogen) atoms. The van der Waals surface area contributed by atoms with E-state index in [1.54, 1.807) is 56.6 Å². The van der Waals surface area contributed by atoms with Crippen LogP contribution in [0.25, 0.3) is 11.2 Å². The van der Waals surface area contributed by atoms with Gasteiger partial charge in [0.05, 0.1) is 19.0 Å². The largest absolute Gasteiger partial charge is 0.465 e. The van der Waals surface area contributed by atoms with Crippen LogP contribution in [0.2, 0.25) is 0 Å². The fourth-order valence-electron chi connectivity index (χ4n) is 3.83. The van der Waals surface area contributed by atoms with E-state index < -0.39 is 31.5 Å². The SMILES string of the molecule is C#C[C@@]1(OC[P@@](=O)(N[C@@H](C)C(=O)OCC)Oc2ccccc2)C=C[C@H](n2cnc3c(N)ncnc32)C1. The number of benzene rings is 1. The third-order valence-electron chi connectivity index (χ3n) is 5.61. The molecule has 0 aliphatic heterocycles. The predicted octanol–water partition coefficient (Wildman–Crippen LogP) is 3.07. The molecular weight excluding hydrogens is 483 g/mol. The van der Waals surface area contributed by atoms with E-state index >= 15 is 0 Å². The smallest absolute Gasteiger partial charge is 0.342 e. The summed E-state index contributed by atoms with van der Waals surface area (Å²) in [6.45, 7) is 3.42. The number of carbonyl (C=O) groups excluding carboxylic acids is 1. The molecule has 4 atom stereocenters. The van der Waals surface area contributed by atoms with Crippen LogP contribution in [-0.4, -0.2) is 50.1 Å². The van der Waals surface area contributed by atoms with Gasteiger partial charge in [0.25, 0.3) is 0 Å². The van der Waals surface area contributed by atoms with Crippen molar-refractivity contribution in [3.63, 3.8) is 0 Å². The van der Waals surface area contributed by atoms with Crippen molar-refractivity contribution < 1.29 is 23.4 Å². The molecule has 3 N–H and O–H groups in total. The van der Waals surface area contributed by atoms with Gasteiger partial charge in [-0.2, -0.15) is 0 Å². The van der Waals surface area contributed by atoms with Crippen molar-refractivity contribution in [2.75, 3.05) is 18.7 Å². The lowest BCUT2D eigenvalue weighted by Crippen LogP contribution is -2.37. The molecule has 1 aliphatic carbocycles. The van der Waals surface area contributed by atoms with Crippen LogP contribution in [0.3, 0.4) is 0 Å². The molecule has 0 unspecified atom stereocenters. The van der Waals surface area contributed by atoms with E-state index in [2.05, 4.69) is 26.0 Å². The second-order valence-corrected chi connectivity index (χ2v) is 10.2. The molecule has 0 spiro atoms. The first-order valence-electron chi connectivity index (χ1n) is 11.3. The van der Waals surface area contributed by atoms with Crippen LogP contribution in [0.15, 0.2) is 55.1 Å². The summed E-state index contributed by atoms with van der Waals surface area (Å²) in [6.07, 6.45) is 12.4. The first-order chi connectivity index (χ1) is 17.3. The number of allylic oxidation sites excluding steroid dienone is 1. The molecule has 0 saturated carbocycles. The van der Waals surface area contributed by atoms with Gasteiger partial charge in [-0.15, -0.1) is 6.42 Å². The number of para-hydroxylation sites is 1. The van der Waals surface area contributed by atoms with Gasteiger partial charge in [0.15, 0.2) is 17.8 Å². The number of nitrogen functional groups attached to an aromatic ring is 1. The number of imidazole rings is 1. The van der Waals surface area contributed by atoms with Gasteiger partial charge in [-0.3, -0.25) is 9.36 Å². The van der Waals surface area contributed by atoms with E-state index in [1.807, 2.05) is 10.6 Å². The minimum Gasteiger partial charge on any atom is -0.465 e. The van der Waals surface area contributed by atoms with E-state index in [9.17, 15) is 9.36 Å². The van der Waals surface area contributed by atoms with Crippen molar-refractivity contribution in [2.24, 2.45) is 0 Å². The number of terminal acetylenes is 1. The number of esters is 1. The Morgan fingerprint density at radius 3 is 2.86 bits per heavy atom. The van der Waals surface area contributed by atoms with Gasteiger partial charge in [0.1, 0.15) is 29.2 Å². The number of hydrogen-bond acceptors (Lipinski definition) is 9. The molecule has 0 saturated heterocycles. The lowest BCUT2D eigenvalue weighted by molar-refractivity contribution is -0.144. The summed E-state index contributed by atoms with van der Waals surface area (Å²) in [5.41, 5.74) is 5.78. The molecule has 2 heterocycles. The van der Waals surface area contributed by atoms with Crippen molar-refractivity contribution in [1.29, 1.82) is 0 Å². The number of nitrogens with two attached hydrogens (primary N) is 1. The Kier molecular flexibility index (Phi) is 7.40. The summed E-state index contributed by atoms with van der Waals surface area (Å²) in [5.74, 6) is 2.74. The number of rotatable bonds is 10. The second kappa shape index (κ2) is 10.5. The molecule has 188 valence electrons. The van der Waals surface area contributed by atoms with Crippen LogP contribution in [-0.2, 0) is 18.8 Å². The Labute approximate surface area is 208 Å². The summed E-state index contributed by atoms with van der Waals surface area (Å²) in [6, 6.07) is 7.47. The Hall–Kier alpha value is -3.71. The topological polar surface area (TPSA) is 143 Å². The van der Waals surface area contributed by atoms with Crippen LogP contribution < -0.4 is 15.3 Å². The average Bonchev–Trinajstić information content (AvgIpc) is 3.49. The van der Waals surface area contributed by atoms with Gasteiger partial charge < -0.3 is 24.3 Å². The molecule has 0 radical (unpaired) electrons. The Bertz CT molecular complexity index is 1350. The fraction of sp³-hybridized carbons (Fsp3) is 0.333. The zero-order valence-electron chi connectivity index (χ0n) is 19.9. The van der Waals surface area contributed by atoms with Gasteiger partial charge in [-0.25, -0.2) is 20.0 Å². The maximum atomic E-state index is 13.8. The number of anilines is 1. The van der Waals surface area contributed by atoms with Crippen LogP contribution in [0.5, 0.6) is 5.75 Å². The Balaban J connectivity index is 1.52. The zero-order valence-corrected chi connectivity index (χ0v) is 20.8. The van der Waals surface area contributed by atoms with Crippen LogP contribution >= 0.6 is 7.52 Å². The van der Waals surface area contributed by atoms with E-state index in [4.69, 9.17) is 26.2 Å². The third-order valence-corrected chi connectivity index (χ3v) is 7.36. The molecule has 3 aromatic rings. The molecule has 4 rings (SSSR count). The minimum absolute atomic E-state index is 0.192. The first-order valence-corrected chi connectivity index (χ1v) is 13.1. The third kappa shape index (κ3) is 5.41. The van der Waals surface area contributed by atoms with Gasteiger partial charge in [-0.05, 0) is 32.1 Å². The minimum atomic E-state index is -3.77. The van der Waals surface area contributed by atoms with Crippen molar-refractivity contribution in [3.8, 4) is 18.1 Å². The predicted molar refractivity (Wildman–Crippen MR) is 134 cm³/mol. The van der Waals surface area contributed by atoms with Crippen molar-refractivity contribution in [3.05, 3.63) is 55.1 Å². The molecule has 1 aromatic carbocycles. The maximum Gasteiger partial charge on any atom is 0.342 e. The highest BCUT2D eigenvalue weighted by atomic mass is 31.2. The van der Waals surface area contributed by atoms with Crippen LogP contribution in [0, 0.1) is 12.3 Å².